The topological polar surface area (TPSA) is 54.5 Å². The molecule has 1 unspecified atom stereocenters. The molecule has 0 aromatic heterocycles. The first kappa shape index (κ1) is 16.4. The summed E-state index contributed by atoms with van der Waals surface area (Å²) in [6.07, 6.45) is 1.18. The van der Waals surface area contributed by atoms with Crippen molar-refractivity contribution < 1.29 is 13.2 Å². The third-order valence-electron chi connectivity index (χ3n) is 3.57. The number of nitrogens with zero attached hydrogens (tertiary/aromatic N) is 1. The second-order valence-corrected chi connectivity index (χ2v) is 8.77. The molecule has 1 heterocycles. The van der Waals surface area contributed by atoms with Gasteiger partial charge in [-0.3, -0.25) is 9.69 Å². The monoisotopic (exact) mass is 367 g/mol. The zero-order valence-corrected chi connectivity index (χ0v) is 14.7. The molecule has 1 aliphatic heterocycles. The summed E-state index contributed by atoms with van der Waals surface area (Å²) in [5, 5.41) is 0.444. The summed E-state index contributed by atoms with van der Waals surface area (Å²) in [7, 11) is -3.23. The Morgan fingerprint density at radius 1 is 1.09 bits per heavy atom. The third kappa shape index (κ3) is 3.39. The van der Waals surface area contributed by atoms with Gasteiger partial charge >= 0.3 is 0 Å². The van der Waals surface area contributed by atoms with Crippen molar-refractivity contribution in [1.29, 1.82) is 0 Å². The van der Waals surface area contributed by atoms with Crippen LogP contribution in [0.15, 0.2) is 53.4 Å². The minimum atomic E-state index is -3.23. The summed E-state index contributed by atoms with van der Waals surface area (Å²) in [4.78, 5) is 14.2. The van der Waals surface area contributed by atoms with Crippen LogP contribution in [0.4, 0.5) is 5.69 Å². The SMILES string of the molecule is CS(=O)(=O)c1ccc(C2SCC(=O)N2c2ccc(Cl)cc2)cc1. The number of hydrogen-bond donors (Lipinski definition) is 0. The minimum Gasteiger partial charge on any atom is -0.295 e. The normalized spacial score (nSPS) is 18.4. The molecule has 4 nitrogen and oxygen atoms in total. The van der Waals surface area contributed by atoms with E-state index in [0.29, 0.717) is 10.8 Å². The molecule has 0 N–H and O–H groups in total. The van der Waals surface area contributed by atoms with Gasteiger partial charge in [-0.15, -0.1) is 11.8 Å². The van der Waals surface area contributed by atoms with Gasteiger partial charge in [-0.25, -0.2) is 8.42 Å². The standard InChI is InChI=1S/C16H14ClNO3S2/c1-23(20,21)14-8-2-11(3-9-14)16-18(15(19)10-22-16)13-6-4-12(17)5-7-13/h2-9,16H,10H2,1H3. The van der Waals surface area contributed by atoms with Gasteiger partial charge in [0.25, 0.3) is 0 Å². The molecule has 0 spiro atoms. The second-order valence-electron chi connectivity index (χ2n) is 5.24. The maximum absolute atomic E-state index is 12.2. The lowest BCUT2D eigenvalue weighted by molar-refractivity contribution is -0.115. The molecule has 1 atom stereocenters. The highest BCUT2D eigenvalue weighted by molar-refractivity contribution is 8.00. The summed E-state index contributed by atoms with van der Waals surface area (Å²) in [6, 6.07) is 13.8. The molecular formula is C16H14ClNO3S2. The summed E-state index contributed by atoms with van der Waals surface area (Å²) in [5.74, 6) is 0.413. The quantitative estimate of drug-likeness (QED) is 0.832. The van der Waals surface area contributed by atoms with Gasteiger partial charge in [0.2, 0.25) is 5.91 Å². The van der Waals surface area contributed by atoms with E-state index in [1.807, 2.05) is 12.1 Å². The van der Waals surface area contributed by atoms with Crippen LogP contribution < -0.4 is 4.90 Å². The molecule has 0 aliphatic carbocycles. The molecule has 1 fully saturated rings. The fourth-order valence-corrected chi connectivity index (χ4v) is 4.37. The van der Waals surface area contributed by atoms with Crippen molar-refractivity contribution in [2.24, 2.45) is 0 Å². The van der Waals surface area contributed by atoms with Crippen LogP contribution in [0.1, 0.15) is 10.9 Å². The van der Waals surface area contributed by atoms with Gasteiger partial charge in [0.05, 0.1) is 10.6 Å². The molecule has 2 aromatic rings. The number of benzene rings is 2. The van der Waals surface area contributed by atoms with Gasteiger partial charge in [-0.05, 0) is 42.0 Å². The van der Waals surface area contributed by atoms with Gasteiger partial charge in [-0.2, -0.15) is 0 Å². The number of rotatable bonds is 3. The maximum atomic E-state index is 12.2. The van der Waals surface area contributed by atoms with Crippen molar-refractivity contribution in [2.45, 2.75) is 10.3 Å². The summed E-state index contributed by atoms with van der Waals surface area (Å²) < 4.78 is 23.1. The van der Waals surface area contributed by atoms with E-state index in [9.17, 15) is 13.2 Å². The van der Waals surface area contributed by atoms with Gasteiger partial charge in [0.1, 0.15) is 5.37 Å². The van der Waals surface area contributed by atoms with Crippen LogP contribution in [0.25, 0.3) is 0 Å². The van der Waals surface area contributed by atoms with Crippen molar-refractivity contribution in [3.05, 3.63) is 59.1 Å². The summed E-state index contributed by atoms with van der Waals surface area (Å²) in [6.45, 7) is 0. The Morgan fingerprint density at radius 3 is 2.26 bits per heavy atom. The average molecular weight is 368 g/mol. The lowest BCUT2D eigenvalue weighted by Gasteiger charge is -2.24. The largest absolute Gasteiger partial charge is 0.295 e. The van der Waals surface area contributed by atoms with Crippen molar-refractivity contribution in [1.82, 2.24) is 0 Å². The van der Waals surface area contributed by atoms with Crippen LogP contribution >= 0.6 is 23.4 Å². The van der Waals surface area contributed by atoms with Gasteiger partial charge < -0.3 is 0 Å². The minimum absolute atomic E-state index is 0.0227. The van der Waals surface area contributed by atoms with Crippen molar-refractivity contribution >= 4 is 44.8 Å². The number of hydrogen-bond acceptors (Lipinski definition) is 4. The molecule has 23 heavy (non-hydrogen) atoms. The van der Waals surface area contributed by atoms with E-state index >= 15 is 0 Å². The number of anilines is 1. The Labute approximate surface area is 144 Å². The molecule has 1 saturated heterocycles. The van der Waals surface area contributed by atoms with Crippen LogP contribution in [-0.4, -0.2) is 26.3 Å². The Morgan fingerprint density at radius 2 is 1.70 bits per heavy atom. The zero-order valence-electron chi connectivity index (χ0n) is 12.3. The predicted octanol–water partition coefficient (Wildman–Crippen LogP) is 3.52. The van der Waals surface area contributed by atoms with E-state index in [0.717, 1.165) is 11.3 Å². The van der Waals surface area contributed by atoms with E-state index in [2.05, 4.69) is 0 Å². The molecule has 1 amide bonds. The van der Waals surface area contributed by atoms with Crippen molar-refractivity contribution in [3.8, 4) is 0 Å². The van der Waals surface area contributed by atoms with E-state index < -0.39 is 9.84 Å². The number of amides is 1. The smallest absolute Gasteiger partial charge is 0.238 e. The first-order chi connectivity index (χ1) is 10.9. The van der Waals surface area contributed by atoms with Crippen LogP contribution in [0, 0.1) is 0 Å². The predicted molar refractivity (Wildman–Crippen MR) is 93.7 cm³/mol. The van der Waals surface area contributed by atoms with Gasteiger partial charge in [0.15, 0.2) is 9.84 Å². The molecule has 120 valence electrons. The fourth-order valence-electron chi connectivity index (χ4n) is 2.43. The summed E-state index contributed by atoms with van der Waals surface area (Å²) in [5.41, 5.74) is 1.67. The number of carbonyl (C=O) groups excluding carboxylic acids is 1. The van der Waals surface area contributed by atoms with Crippen molar-refractivity contribution in [2.75, 3.05) is 16.9 Å². The van der Waals surface area contributed by atoms with Crippen LogP contribution in [0.3, 0.4) is 0 Å². The Bertz CT molecular complexity index is 833. The zero-order chi connectivity index (χ0) is 16.6. The lowest BCUT2D eigenvalue weighted by atomic mass is 10.2. The molecule has 0 radical (unpaired) electrons. The molecule has 0 bridgehead atoms. The van der Waals surface area contributed by atoms with Crippen LogP contribution in [0.5, 0.6) is 0 Å². The number of sulfone groups is 1. The lowest BCUT2D eigenvalue weighted by Crippen LogP contribution is -2.27. The highest BCUT2D eigenvalue weighted by Crippen LogP contribution is 2.42. The van der Waals surface area contributed by atoms with Gasteiger partial charge in [0, 0.05) is 17.0 Å². The molecule has 3 rings (SSSR count). The summed E-state index contributed by atoms with van der Waals surface area (Å²) >= 11 is 7.42. The molecule has 0 saturated carbocycles. The average Bonchev–Trinajstić information content (AvgIpc) is 2.89. The molecular weight excluding hydrogens is 354 g/mol. The highest BCUT2D eigenvalue weighted by atomic mass is 35.5. The maximum Gasteiger partial charge on any atom is 0.238 e. The van der Waals surface area contributed by atoms with E-state index in [-0.39, 0.29) is 16.2 Å². The Balaban J connectivity index is 1.94. The first-order valence-corrected chi connectivity index (χ1v) is 10.2. The van der Waals surface area contributed by atoms with Crippen LogP contribution in [0.2, 0.25) is 5.02 Å². The fraction of sp³-hybridized carbons (Fsp3) is 0.188. The van der Waals surface area contributed by atoms with E-state index in [1.165, 1.54) is 18.0 Å². The Hall–Kier alpha value is -1.50. The van der Waals surface area contributed by atoms with Crippen LogP contribution in [-0.2, 0) is 14.6 Å². The number of carbonyl (C=O) groups is 1. The van der Waals surface area contributed by atoms with E-state index in [1.54, 1.807) is 41.3 Å². The Kier molecular flexibility index (Phi) is 4.40. The second kappa shape index (κ2) is 6.19. The molecule has 7 heteroatoms. The van der Waals surface area contributed by atoms with E-state index in [4.69, 9.17) is 11.6 Å². The number of thioether (sulfide) groups is 1. The van der Waals surface area contributed by atoms with Gasteiger partial charge in [-0.1, -0.05) is 23.7 Å². The number of halogens is 1. The molecule has 2 aromatic carbocycles. The highest BCUT2D eigenvalue weighted by Gasteiger charge is 2.34. The molecule has 1 aliphatic rings. The first-order valence-electron chi connectivity index (χ1n) is 6.85. The van der Waals surface area contributed by atoms with Crippen molar-refractivity contribution in [3.63, 3.8) is 0 Å². The third-order valence-corrected chi connectivity index (χ3v) is 6.16.